The number of benzene rings is 1. The van der Waals surface area contributed by atoms with Crippen LogP contribution in [0.2, 0.25) is 5.02 Å². The fraction of sp³-hybridized carbons (Fsp3) is 0.556. The van der Waals surface area contributed by atoms with Crippen molar-refractivity contribution >= 4 is 23.9 Å². The normalized spacial score (nSPS) is 17.2. The van der Waals surface area contributed by atoms with Crippen LogP contribution < -0.4 is 11.1 Å². The van der Waals surface area contributed by atoms with Crippen LogP contribution in [-0.4, -0.2) is 42.9 Å². The molecule has 1 saturated heterocycles. The van der Waals surface area contributed by atoms with Crippen molar-refractivity contribution in [2.45, 2.75) is 38.1 Å². The van der Waals surface area contributed by atoms with Crippen LogP contribution in [0, 0.1) is 11.7 Å². The van der Waals surface area contributed by atoms with E-state index in [4.69, 9.17) is 17.3 Å². The molecule has 0 saturated carbocycles. The van der Waals surface area contributed by atoms with Gasteiger partial charge in [0.1, 0.15) is 5.82 Å². The van der Waals surface area contributed by atoms with Crippen LogP contribution in [0.15, 0.2) is 18.2 Å². The van der Waals surface area contributed by atoms with E-state index in [0.717, 1.165) is 6.41 Å². The maximum absolute atomic E-state index is 14.1. The number of nitrogens with one attached hydrogen (secondary N) is 1. The summed E-state index contributed by atoms with van der Waals surface area (Å²) in [5, 5.41) is 3.18. The number of likely N-dealkylation sites (tertiary alicyclic amines) is 1. The SMILES string of the molecule is CC(C)(CNC(=O)C(N)C1CCN(C=O)CC1)c1ccc(Cl)cc1F. The van der Waals surface area contributed by atoms with E-state index >= 15 is 0 Å². The zero-order valence-corrected chi connectivity index (χ0v) is 15.4. The average molecular weight is 370 g/mol. The summed E-state index contributed by atoms with van der Waals surface area (Å²) < 4.78 is 14.1. The minimum Gasteiger partial charge on any atom is -0.354 e. The predicted octanol–water partition coefficient (Wildman–Crippen LogP) is 2.07. The fourth-order valence-corrected chi connectivity index (χ4v) is 3.32. The first-order chi connectivity index (χ1) is 11.7. The lowest BCUT2D eigenvalue weighted by Gasteiger charge is -2.33. The Balaban J connectivity index is 1.93. The molecule has 1 aromatic carbocycles. The van der Waals surface area contributed by atoms with Crippen molar-refractivity contribution in [2.75, 3.05) is 19.6 Å². The summed E-state index contributed by atoms with van der Waals surface area (Å²) >= 11 is 5.79. The molecule has 5 nitrogen and oxygen atoms in total. The maximum atomic E-state index is 14.1. The first kappa shape index (κ1) is 19.7. The van der Waals surface area contributed by atoms with E-state index in [1.54, 1.807) is 17.0 Å². The van der Waals surface area contributed by atoms with Gasteiger partial charge in [0.25, 0.3) is 0 Å². The van der Waals surface area contributed by atoms with Crippen molar-refractivity contribution in [3.05, 3.63) is 34.6 Å². The van der Waals surface area contributed by atoms with E-state index in [1.807, 2.05) is 13.8 Å². The van der Waals surface area contributed by atoms with E-state index in [9.17, 15) is 14.0 Å². The van der Waals surface area contributed by atoms with Crippen molar-refractivity contribution in [1.29, 1.82) is 0 Å². The van der Waals surface area contributed by atoms with Gasteiger partial charge in [0.05, 0.1) is 6.04 Å². The summed E-state index contributed by atoms with van der Waals surface area (Å²) in [6.07, 6.45) is 2.25. The van der Waals surface area contributed by atoms with Gasteiger partial charge in [-0.1, -0.05) is 31.5 Å². The molecular formula is C18H25ClFN3O2. The quantitative estimate of drug-likeness (QED) is 0.754. The number of nitrogens with two attached hydrogens (primary N) is 1. The van der Waals surface area contributed by atoms with Gasteiger partial charge in [-0.25, -0.2) is 4.39 Å². The number of piperidine rings is 1. The van der Waals surface area contributed by atoms with Crippen molar-refractivity contribution in [2.24, 2.45) is 11.7 Å². The third-order valence-electron chi connectivity index (χ3n) is 4.90. The lowest BCUT2D eigenvalue weighted by molar-refractivity contribution is -0.124. The molecule has 7 heteroatoms. The minimum atomic E-state index is -0.625. The Hall–Kier alpha value is -1.66. The molecular weight excluding hydrogens is 345 g/mol. The second-order valence-electron chi connectivity index (χ2n) is 7.23. The fourth-order valence-electron chi connectivity index (χ4n) is 3.16. The van der Waals surface area contributed by atoms with Crippen LogP contribution in [0.5, 0.6) is 0 Å². The zero-order chi connectivity index (χ0) is 18.6. The second-order valence-corrected chi connectivity index (χ2v) is 7.67. The van der Waals surface area contributed by atoms with Crippen LogP contribution in [0.1, 0.15) is 32.3 Å². The van der Waals surface area contributed by atoms with E-state index in [2.05, 4.69) is 5.32 Å². The molecule has 1 aliphatic heterocycles. The molecule has 1 unspecified atom stereocenters. The molecule has 0 aromatic heterocycles. The van der Waals surface area contributed by atoms with Crippen LogP contribution in [0.3, 0.4) is 0 Å². The molecule has 1 atom stereocenters. The average Bonchev–Trinajstić information content (AvgIpc) is 2.58. The van der Waals surface area contributed by atoms with Crippen LogP contribution in [-0.2, 0) is 15.0 Å². The second kappa shape index (κ2) is 8.15. The van der Waals surface area contributed by atoms with Gasteiger partial charge in [-0.15, -0.1) is 0 Å². The summed E-state index contributed by atoms with van der Waals surface area (Å²) in [7, 11) is 0. The highest BCUT2D eigenvalue weighted by Gasteiger charge is 2.30. The highest BCUT2D eigenvalue weighted by atomic mass is 35.5. The van der Waals surface area contributed by atoms with Crippen molar-refractivity contribution in [1.82, 2.24) is 10.2 Å². The van der Waals surface area contributed by atoms with Gasteiger partial charge in [-0.2, -0.15) is 0 Å². The molecule has 1 fully saturated rings. The summed E-state index contributed by atoms with van der Waals surface area (Å²) in [5.74, 6) is -0.587. The van der Waals surface area contributed by atoms with Gasteiger partial charge in [0.15, 0.2) is 0 Å². The number of carbonyl (C=O) groups is 2. The Morgan fingerprint density at radius 1 is 1.48 bits per heavy atom. The van der Waals surface area contributed by atoms with Crippen molar-refractivity contribution in [3.8, 4) is 0 Å². The van der Waals surface area contributed by atoms with Gasteiger partial charge in [0, 0.05) is 30.1 Å². The third kappa shape index (κ3) is 4.92. The highest BCUT2D eigenvalue weighted by Crippen LogP contribution is 2.27. The summed E-state index contributed by atoms with van der Waals surface area (Å²) in [6, 6.07) is 3.92. The van der Waals surface area contributed by atoms with E-state index < -0.39 is 17.3 Å². The molecule has 0 spiro atoms. The van der Waals surface area contributed by atoms with Gasteiger partial charge < -0.3 is 16.0 Å². The van der Waals surface area contributed by atoms with Gasteiger partial charge in [-0.05, 0) is 36.5 Å². The summed E-state index contributed by atoms with van der Waals surface area (Å²) in [5.41, 5.74) is 5.98. The molecule has 1 aromatic rings. The maximum Gasteiger partial charge on any atom is 0.237 e. The molecule has 138 valence electrons. The zero-order valence-electron chi connectivity index (χ0n) is 14.6. The minimum absolute atomic E-state index is 0.0478. The molecule has 1 heterocycles. The van der Waals surface area contributed by atoms with Crippen LogP contribution in [0.4, 0.5) is 4.39 Å². The molecule has 2 rings (SSSR count). The Morgan fingerprint density at radius 2 is 2.12 bits per heavy atom. The molecule has 1 aliphatic rings. The van der Waals surface area contributed by atoms with E-state index in [0.29, 0.717) is 36.5 Å². The standard InChI is InChI=1S/C18H25ClFN3O2/c1-18(2,14-4-3-13(19)9-15(14)20)10-22-17(25)16(21)12-5-7-23(11-24)8-6-12/h3-4,9,11-12,16H,5-8,10,21H2,1-2H3,(H,22,25). The Kier molecular flexibility index (Phi) is 6.41. The van der Waals surface area contributed by atoms with Gasteiger partial charge in [0.2, 0.25) is 12.3 Å². The number of carbonyl (C=O) groups excluding carboxylic acids is 2. The Labute approximate surface area is 152 Å². The highest BCUT2D eigenvalue weighted by molar-refractivity contribution is 6.30. The first-order valence-electron chi connectivity index (χ1n) is 8.43. The molecule has 0 bridgehead atoms. The lowest BCUT2D eigenvalue weighted by atomic mass is 9.83. The summed E-state index contributed by atoms with van der Waals surface area (Å²) in [6.45, 7) is 5.22. The third-order valence-corrected chi connectivity index (χ3v) is 5.13. The van der Waals surface area contributed by atoms with E-state index in [1.165, 1.54) is 6.07 Å². The predicted molar refractivity (Wildman–Crippen MR) is 95.8 cm³/mol. The Bertz CT molecular complexity index is 631. The number of rotatable bonds is 6. The van der Waals surface area contributed by atoms with Gasteiger partial charge in [-0.3, -0.25) is 9.59 Å². The molecule has 0 aliphatic carbocycles. The largest absolute Gasteiger partial charge is 0.354 e. The van der Waals surface area contributed by atoms with Gasteiger partial charge >= 0.3 is 0 Å². The number of hydrogen-bond donors (Lipinski definition) is 2. The van der Waals surface area contributed by atoms with E-state index in [-0.39, 0.29) is 18.4 Å². The smallest absolute Gasteiger partial charge is 0.237 e. The molecule has 25 heavy (non-hydrogen) atoms. The number of halogens is 2. The summed E-state index contributed by atoms with van der Waals surface area (Å²) in [4.78, 5) is 24.8. The topological polar surface area (TPSA) is 75.4 Å². The Morgan fingerprint density at radius 3 is 2.68 bits per heavy atom. The lowest BCUT2D eigenvalue weighted by Crippen LogP contribution is -2.51. The number of nitrogens with zero attached hydrogens (tertiary/aromatic N) is 1. The first-order valence-corrected chi connectivity index (χ1v) is 8.80. The van der Waals surface area contributed by atoms with Crippen molar-refractivity contribution < 1.29 is 14.0 Å². The van der Waals surface area contributed by atoms with Crippen molar-refractivity contribution in [3.63, 3.8) is 0 Å². The number of hydrogen-bond acceptors (Lipinski definition) is 3. The monoisotopic (exact) mass is 369 g/mol. The number of amides is 2. The van der Waals surface area contributed by atoms with Crippen LogP contribution >= 0.6 is 11.6 Å². The van der Waals surface area contributed by atoms with Crippen LogP contribution in [0.25, 0.3) is 0 Å². The molecule has 2 amide bonds. The molecule has 3 N–H and O–H groups in total. The molecule has 0 radical (unpaired) electrons.